The van der Waals surface area contributed by atoms with Crippen molar-refractivity contribution >= 4 is 17.7 Å². The van der Waals surface area contributed by atoms with E-state index in [4.69, 9.17) is 0 Å². The van der Waals surface area contributed by atoms with Crippen LogP contribution in [0.4, 0.5) is 0 Å². The predicted octanol–water partition coefficient (Wildman–Crippen LogP) is 1.84. The maximum atomic E-state index is 11.5. The second-order valence-electron chi connectivity index (χ2n) is 4.24. The molecule has 2 atom stereocenters. The van der Waals surface area contributed by atoms with Crippen LogP contribution in [-0.2, 0) is 10.5 Å². The van der Waals surface area contributed by atoms with Gasteiger partial charge in [0, 0.05) is 24.2 Å². The van der Waals surface area contributed by atoms with Crippen molar-refractivity contribution in [3.05, 3.63) is 30.1 Å². The Balaban J connectivity index is 1.62. The molecule has 0 unspecified atom stereocenters. The van der Waals surface area contributed by atoms with E-state index in [9.17, 15) is 4.79 Å². The monoisotopic (exact) mass is 236 g/mol. The first-order valence-corrected chi connectivity index (χ1v) is 6.67. The first kappa shape index (κ1) is 11.5. The minimum Gasteiger partial charge on any atom is -0.352 e. The number of thioether (sulfide) groups is 1. The average Bonchev–Trinajstić information content (AvgIpc) is 2.95. The normalized spacial score (nSPS) is 22.8. The Kier molecular flexibility index (Phi) is 3.83. The van der Waals surface area contributed by atoms with E-state index in [1.807, 2.05) is 18.3 Å². The highest BCUT2D eigenvalue weighted by molar-refractivity contribution is 7.99. The highest BCUT2D eigenvalue weighted by Gasteiger charge is 2.33. The molecule has 1 aliphatic carbocycles. The molecule has 1 amide bonds. The number of hydrogen-bond acceptors (Lipinski definition) is 3. The summed E-state index contributed by atoms with van der Waals surface area (Å²) >= 11 is 1.63. The zero-order chi connectivity index (χ0) is 11.4. The van der Waals surface area contributed by atoms with Crippen LogP contribution in [-0.4, -0.2) is 22.7 Å². The zero-order valence-electron chi connectivity index (χ0n) is 9.35. The Bertz CT molecular complexity index is 355. The lowest BCUT2D eigenvalue weighted by Gasteiger charge is -2.03. The number of nitrogens with zero attached hydrogens (tertiary/aromatic N) is 1. The number of nitrogens with one attached hydrogen (secondary N) is 1. The number of carbonyl (C=O) groups excluding carboxylic acids is 1. The van der Waals surface area contributed by atoms with Gasteiger partial charge in [-0.3, -0.25) is 9.78 Å². The van der Waals surface area contributed by atoms with Crippen LogP contribution in [0, 0.1) is 5.92 Å². The molecule has 4 heteroatoms. The van der Waals surface area contributed by atoms with Gasteiger partial charge in [-0.1, -0.05) is 13.0 Å². The molecule has 1 heterocycles. The second kappa shape index (κ2) is 5.34. The van der Waals surface area contributed by atoms with Gasteiger partial charge in [-0.05, 0) is 24.0 Å². The fourth-order valence-electron chi connectivity index (χ4n) is 1.52. The predicted molar refractivity (Wildman–Crippen MR) is 66.1 cm³/mol. The highest BCUT2D eigenvalue weighted by atomic mass is 32.2. The Morgan fingerprint density at radius 2 is 2.50 bits per heavy atom. The molecule has 1 aromatic rings. The van der Waals surface area contributed by atoms with Gasteiger partial charge < -0.3 is 5.32 Å². The van der Waals surface area contributed by atoms with Gasteiger partial charge >= 0.3 is 0 Å². The van der Waals surface area contributed by atoms with Gasteiger partial charge in [-0.2, -0.15) is 0 Å². The summed E-state index contributed by atoms with van der Waals surface area (Å²) in [4.78, 5) is 15.5. The molecule has 0 spiro atoms. The van der Waals surface area contributed by atoms with Crippen molar-refractivity contribution in [2.75, 3.05) is 5.75 Å². The molecule has 0 saturated heterocycles. The topological polar surface area (TPSA) is 42.0 Å². The molecule has 2 rings (SSSR count). The lowest BCUT2D eigenvalue weighted by atomic mass is 10.3. The van der Waals surface area contributed by atoms with Crippen LogP contribution in [0.25, 0.3) is 0 Å². The van der Waals surface area contributed by atoms with Gasteiger partial charge in [0.05, 0.1) is 5.75 Å². The van der Waals surface area contributed by atoms with Gasteiger partial charge in [0.15, 0.2) is 0 Å². The van der Waals surface area contributed by atoms with E-state index >= 15 is 0 Å². The van der Waals surface area contributed by atoms with Gasteiger partial charge in [0.25, 0.3) is 0 Å². The number of carbonyl (C=O) groups is 1. The Hall–Kier alpha value is -1.03. The standard InChI is InChI=1S/C12H16N2OS/c1-9-5-11(9)14-12(15)8-16-7-10-3-2-4-13-6-10/h2-4,6,9,11H,5,7-8H2,1H3,(H,14,15)/t9-,11+/m1/s1. The molecule has 16 heavy (non-hydrogen) atoms. The molecular weight excluding hydrogens is 220 g/mol. The van der Waals surface area contributed by atoms with Crippen molar-refractivity contribution in [2.24, 2.45) is 5.92 Å². The van der Waals surface area contributed by atoms with Crippen molar-refractivity contribution < 1.29 is 4.79 Å². The summed E-state index contributed by atoms with van der Waals surface area (Å²) in [6.45, 7) is 2.16. The largest absolute Gasteiger partial charge is 0.352 e. The molecule has 3 nitrogen and oxygen atoms in total. The molecule has 0 bridgehead atoms. The Morgan fingerprint density at radius 3 is 3.12 bits per heavy atom. The third kappa shape index (κ3) is 3.52. The van der Waals surface area contributed by atoms with Crippen LogP contribution in [0.1, 0.15) is 18.9 Å². The van der Waals surface area contributed by atoms with E-state index < -0.39 is 0 Å². The van der Waals surface area contributed by atoms with Crippen molar-refractivity contribution in [1.82, 2.24) is 10.3 Å². The Morgan fingerprint density at radius 1 is 1.69 bits per heavy atom. The van der Waals surface area contributed by atoms with Crippen molar-refractivity contribution in [3.63, 3.8) is 0 Å². The van der Waals surface area contributed by atoms with Crippen LogP contribution in [0.5, 0.6) is 0 Å². The molecule has 0 aromatic carbocycles. The number of aromatic nitrogens is 1. The second-order valence-corrected chi connectivity index (χ2v) is 5.23. The van der Waals surface area contributed by atoms with Gasteiger partial charge in [0.2, 0.25) is 5.91 Å². The number of hydrogen-bond donors (Lipinski definition) is 1. The number of rotatable bonds is 5. The fourth-order valence-corrected chi connectivity index (χ4v) is 2.29. The summed E-state index contributed by atoms with van der Waals surface area (Å²) in [5, 5.41) is 3.01. The lowest BCUT2D eigenvalue weighted by molar-refractivity contribution is -0.118. The fraction of sp³-hybridized carbons (Fsp3) is 0.500. The molecule has 0 radical (unpaired) electrons. The van der Waals surface area contributed by atoms with Crippen LogP contribution in [0.3, 0.4) is 0 Å². The summed E-state index contributed by atoms with van der Waals surface area (Å²) < 4.78 is 0. The van der Waals surface area contributed by atoms with E-state index in [0.29, 0.717) is 17.7 Å². The van der Waals surface area contributed by atoms with E-state index in [2.05, 4.69) is 17.2 Å². The van der Waals surface area contributed by atoms with Crippen LogP contribution in [0.15, 0.2) is 24.5 Å². The SMILES string of the molecule is C[C@@H]1C[C@@H]1NC(=O)CSCc1cccnc1. The van der Waals surface area contributed by atoms with E-state index in [1.165, 1.54) is 5.56 Å². The number of pyridine rings is 1. The summed E-state index contributed by atoms with van der Waals surface area (Å²) in [5.74, 6) is 2.22. The van der Waals surface area contributed by atoms with E-state index in [1.54, 1.807) is 18.0 Å². The summed E-state index contributed by atoms with van der Waals surface area (Å²) in [6.07, 6.45) is 4.74. The Labute approximate surface area is 100 Å². The minimum atomic E-state index is 0.156. The molecule has 86 valence electrons. The van der Waals surface area contributed by atoms with Crippen LogP contribution < -0.4 is 5.32 Å². The third-order valence-electron chi connectivity index (χ3n) is 2.68. The molecule has 1 saturated carbocycles. The molecular formula is C12H16N2OS. The molecule has 1 fully saturated rings. The first-order chi connectivity index (χ1) is 7.75. The maximum absolute atomic E-state index is 11.5. The first-order valence-electron chi connectivity index (χ1n) is 5.51. The van der Waals surface area contributed by atoms with Crippen molar-refractivity contribution in [1.29, 1.82) is 0 Å². The highest BCUT2D eigenvalue weighted by Crippen LogP contribution is 2.28. The van der Waals surface area contributed by atoms with Crippen molar-refractivity contribution in [2.45, 2.75) is 25.1 Å². The smallest absolute Gasteiger partial charge is 0.230 e. The average molecular weight is 236 g/mol. The third-order valence-corrected chi connectivity index (χ3v) is 3.68. The molecule has 1 aromatic heterocycles. The van der Waals surface area contributed by atoms with Gasteiger partial charge in [-0.15, -0.1) is 11.8 Å². The quantitative estimate of drug-likeness (QED) is 0.848. The lowest BCUT2D eigenvalue weighted by Crippen LogP contribution is -2.28. The van der Waals surface area contributed by atoms with Crippen LogP contribution in [0.2, 0.25) is 0 Å². The van der Waals surface area contributed by atoms with E-state index in [0.717, 1.165) is 12.2 Å². The van der Waals surface area contributed by atoms with Crippen molar-refractivity contribution in [3.8, 4) is 0 Å². The molecule has 1 N–H and O–H groups in total. The van der Waals surface area contributed by atoms with Gasteiger partial charge in [0.1, 0.15) is 0 Å². The maximum Gasteiger partial charge on any atom is 0.230 e. The minimum absolute atomic E-state index is 0.156. The van der Waals surface area contributed by atoms with E-state index in [-0.39, 0.29) is 5.91 Å². The summed E-state index contributed by atoms with van der Waals surface area (Å²) in [6, 6.07) is 4.38. The summed E-state index contributed by atoms with van der Waals surface area (Å²) in [7, 11) is 0. The molecule has 0 aliphatic heterocycles. The van der Waals surface area contributed by atoms with Gasteiger partial charge in [-0.25, -0.2) is 0 Å². The summed E-state index contributed by atoms with van der Waals surface area (Å²) in [5.41, 5.74) is 1.17. The van der Waals surface area contributed by atoms with Crippen LogP contribution >= 0.6 is 11.8 Å². The molecule has 1 aliphatic rings. The number of amides is 1. The zero-order valence-corrected chi connectivity index (χ0v) is 10.2.